The van der Waals surface area contributed by atoms with Crippen molar-refractivity contribution in [2.75, 3.05) is 6.61 Å². The van der Waals surface area contributed by atoms with Crippen LogP contribution in [0.2, 0.25) is 0 Å². The molecule has 1 aliphatic heterocycles. The highest BCUT2D eigenvalue weighted by Gasteiger charge is 2.33. The molecule has 0 bridgehead atoms. The second-order valence-electron chi connectivity index (χ2n) is 6.59. The molecular formula is C18H24O2. The maximum Gasteiger partial charge on any atom is 0.139 e. The zero-order valence-corrected chi connectivity index (χ0v) is 12.4. The number of aryl methyl sites for hydroxylation is 1. The van der Waals surface area contributed by atoms with Crippen LogP contribution < -0.4 is 4.74 Å². The van der Waals surface area contributed by atoms with Gasteiger partial charge in [0, 0.05) is 18.3 Å². The van der Waals surface area contributed by atoms with Crippen LogP contribution in [0.4, 0.5) is 0 Å². The molecule has 108 valence electrons. The number of carbonyl (C=O) groups excluding carboxylic acids is 1. The van der Waals surface area contributed by atoms with Gasteiger partial charge in [0.25, 0.3) is 0 Å². The molecular weight excluding hydrogens is 248 g/mol. The molecule has 1 saturated carbocycles. The molecule has 1 aromatic carbocycles. The summed E-state index contributed by atoms with van der Waals surface area (Å²) in [4.78, 5) is 12.5. The molecule has 1 heterocycles. The van der Waals surface area contributed by atoms with Crippen molar-refractivity contribution in [2.24, 2.45) is 5.41 Å². The molecule has 2 aliphatic rings. The number of carbonyl (C=O) groups is 1. The monoisotopic (exact) mass is 272 g/mol. The van der Waals surface area contributed by atoms with Crippen LogP contribution in [-0.4, -0.2) is 12.4 Å². The van der Waals surface area contributed by atoms with Crippen molar-refractivity contribution < 1.29 is 9.53 Å². The maximum absolute atomic E-state index is 12.5. The second-order valence-corrected chi connectivity index (χ2v) is 6.59. The quantitative estimate of drug-likeness (QED) is 0.825. The van der Waals surface area contributed by atoms with E-state index in [0.717, 1.165) is 38.0 Å². The first-order valence-corrected chi connectivity index (χ1v) is 7.95. The van der Waals surface area contributed by atoms with Crippen molar-refractivity contribution in [1.29, 1.82) is 0 Å². The molecule has 0 atom stereocenters. The lowest BCUT2D eigenvalue weighted by Crippen LogP contribution is -2.30. The largest absolute Gasteiger partial charge is 0.493 e. The van der Waals surface area contributed by atoms with Crippen LogP contribution in [0, 0.1) is 5.41 Å². The lowest BCUT2D eigenvalue weighted by atomic mass is 9.71. The van der Waals surface area contributed by atoms with Crippen molar-refractivity contribution in [1.82, 2.24) is 0 Å². The molecule has 1 aliphatic carbocycles. The summed E-state index contributed by atoms with van der Waals surface area (Å²) in [7, 11) is 0. The van der Waals surface area contributed by atoms with E-state index in [2.05, 4.69) is 25.1 Å². The topological polar surface area (TPSA) is 26.3 Å². The number of benzene rings is 1. The fourth-order valence-electron chi connectivity index (χ4n) is 3.57. The Morgan fingerprint density at radius 2 is 2.05 bits per heavy atom. The van der Waals surface area contributed by atoms with Gasteiger partial charge >= 0.3 is 0 Å². The van der Waals surface area contributed by atoms with Crippen molar-refractivity contribution in [2.45, 2.75) is 58.3 Å². The molecule has 0 unspecified atom stereocenters. The molecule has 0 spiro atoms. The summed E-state index contributed by atoms with van der Waals surface area (Å²) in [6.07, 6.45) is 8.49. The molecule has 0 amide bonds. The summed E-state index contributed by atoms with van der Waals surface area (Å²) in [5, 5.41) is 0. The molecule has 1 aromatic rings. The smallest absolute Gasteiger partial charge is 0.139 e. The van der Waals surface area contributed by atoms with Crippen LogP contribution in [0.3, 0.4) is 0 Å². The van der Waals surface area contributed by atoms with E-state index in [1.54, 1.807) is 0 Å². The Hall–Kier alpha value is -1.31. The van der Waals surface area contributed by atoms with Gasteiger partial charge in [-0.2, -0.15) is 0 Å². The molecule has 1 fully saturated rings. The lowest BCUT2D eigenvalue weighted by Gasteiger charge is -2.32. The third kappa shape index (κ3) is 2.74. The third-order valence-corrected chi connectivity index (χ3v) is 5.02. The first kappa shape index (κ1) is 13.7. The Kier molecular flexibility index (Phi) is 3.82. The number of ketones is 1. The minimum Gasteiger partial charge on any atom is -0.493 e. The zero-order chi connectivity index (χ0) is 14.0. The third-order valence-electron chi connectivity index (χ3n) is 5.02. The number of fused-ring (bicyclic) bond motifs is 1. The Labute approximate surface area is 121 Å². The average Bonchev–Trinajstić information content (AvgIpc) is 2.93. The molecule has 0 saturated heterocycles. The van der Waals surface area contributed by atoms with Gasteiger partial charge in [-0.3, -0.25) is 4.79 Å². The molecule has 0 radical (unpaired) electrons. The van der Waals surface area contributed by atoms with Crippen molar-refractivity contribution in [3.63, 3.8) is 0 Å². The average molecular weight is 272 g/mol. The van der Waals surface area contributed by atoms with Crippen molar-refractivity contribution >= 4 is 5.78 Å². The predicted octanol–water partition coefficient (Wildman–Crippen LogP) is 4.09. The fourth-order valence-corrected chi connectivity index (χ4v) is 3.57. The Morgan fingerprint density at radius 3 is 2.85 bits per heavy atom. The number of ether oxygens (including phenoxy) is 1. The second kappa shape index (κ2) is 5.59. The molecule has 2 nitrogen and oxygen atoms in total. The molecule has 0 N–H and O–H groups in total. The van der Waals surface area contributed by atoms with Gasteiger partial charge in [-0.15, -0.1) is 0 Å². The lowest BCUT2D eigenvalue weighted by molar-refractivity contribution is -0.129. The van der Waals surface area contributed by atoms with Gasteiger partial charge in [0.05, 0.1) is 6.61 Å². The summed E-state index contributed by atoms with van der Waals surface area (Å²) < 4.78 is 5.52. The maximum atomic E-state index is 12.5. The Bertz CT molecular complexity index is 498. The SMILES string of the molecule is CC1(C(=O)CCc2ccc3c(c2)CCO3)CCCCC1. The predicted molar refractivity (Wildman–Crippen MR) is 80.2 cm³/mol. The normalized spacial score (nSPS) is 20.2. The van der Waals surface area contributed by atoms with Gasteiger partial charge in [-0.1, -0.05) is 38.3 Å². The van der Waals surface area contributed by atoms with E-state index in [4.69, 9.17) is 4.74 Å². The van der Waals surface area contributed by atoms with Gasteiger partial charge in [0.15, 0.2) is 0 Å². The highest BCUT2D eigenvalue weighted by molar-refractivity contribution is 5.84. The number of hydrogen-bond donors (Lipinski definition) is 0. The minimum absolute atomic E-state index is 0.0436. The summed E-state index contributed by atoms with van der Waals surface area (Å²) in [6.45, 7) is 2.97. The van der Waals surface area contributed by atoms with Crippen LogP contribution in [0.5, 0.6) is 5.75 Å². The van der Waals surface area contributed by atoms with Crippen LogP contribution in [0.1, 0.15) is 56.6 Å². The van der Waals surface area contributed by atoms with Gasteiger partial charge in [0.1, 0.15) is 11.5 Å². The van der Waals surface area contributed by atoms with E-state index < -0.39 is 0 Å². The van der Waals surface area contributed by atoms with Crippen LogP contribution >= 0.6 is 0 Å². The van der Waals surface area contributed by atoms with Crippen molar-refractivity contribution in [3.8, 4) is 5.75 Å². The van der Waals surface area contributed by atoms with E-state index in [1.807, 2.05) is 0 Å². The van der Waals surface area contributed by atoms with E-state index in [1.165, 1.54) is 30.4 Å². The molecule has 20 heavy (non-hydrogen) atoms. The Balaban J connectivity index is 1.60. The van der Waals surface area contributed by atoms with Gasteiger partial charge in [-0.25, -0.2) is 0 Å². The van der Waals surface area contributed by atoms with Gasteiger partial charge in [0.2, 0.25) is 0 Å². The van der Waals surface area contributed by atoms with E-state index in [-0.39, 0.29) is 5.41 Å². The van der Waals surface area contributed by atoms with Gasteiger partial charge < -0.3 is 4.74 Å². The Morgan fingerprint density at radius 1 is 1.25 bits per heavy atom. The summed E-state index contributed by atoms with van der Waals surface area (Å²) in [6, 6.07) is 6.39. The summed E-state index contributed by atoms with van der Waals surface area (Å²) in [5.41, 5.74) is 2.54. The molecule has 3 rings (SSSR count). The van der Waals surface area contributed by atoms with Crippen molar-refractivity contribution in [3.05, 3.63) is 29.3 Å². The van der Waals surface area contributed by atoms with E-state index >= 15 is 0 Å². The van der Waals surface area contributed by atoms with Gasteiger partial charge in [-0.05, 0) is 36.5 Å². The highest BCUT2D eigenvalue weighted by Crippen LogP contribution is 2.37. The van der Waals surface area contributed by atoms with Crippen LogP contribution in [0.25, 0.3) is 0 Å². The number of Topliss-reactive ketones (excluding diaryl/α,β-unsaturated/α-hetero) is 1. The van der Waals surface area contributed by atoms with Crippen LogP contribution in [-0.2, 0) is 17.6 Å². The zero-order valence-electron chi connectivity index (χ0n) is 12.4. The minimum atomic E-state index is -0.0436. The molecule has 2 heteroatoms. The first-order valence-electron chi connectivity index (χ1n) is 7.95. The summed E-state index contributed by atoms with van der Waals surface area (Å²) in [5.74, 6) is 1.49. The number of rotatable bonds is 4. The first-order chi connectivity index (χ1) is 9.67. The fraction of sp³-hybridized carbons (Fsp3) is 0.611. The van der Waals surface area contributed by atoms with E-state index in [9.17, 15) is 4.79 Å². The summed E-state index contributed by atoms with van der Waals surface area (Å²) >= 11 is 0. The van der Waals surface area contributed by atoms with E-state index in [0.29, 0.717) is 12.2 Å². The standard InChI is InChI=1S/C18H24O2/c1-18(10-3-2-4-11-18)17(19)8-6-14-5-7-16-15(13-14)9-12-20-16/h5,7,13H,2-4,6,8-12H2,1H3. The molecule has 0 aromatic heterocycles. The highest BCUT2D eigenvalue weighted by atomic mass is 16.5. The van der Waals surface area contributed by atoms with Crippen LogP contribution in [0.15, 0.2) is 18.2 Å². The number of hydrogen-bond acceptors (Lipinski definition) is 2.